The molecule has 1 rings (SSSR count). The van der Waals surface area contributed by atoms with Crippen molar-refractivity contribution in [1.82, 2.24) is 0 Å². The Balaban J connectivity index is 2.78. The van der Waals surface area contributed by atoms with E-state index in [1.807, 2.05) is 37.3 Å². The SMILES string of the molecule is C[C@@H](c1ccccc1)C(Cl)C=O. The first-order valence-corrected chi connectivity index (χ1v) is 4.33. The molecule has 1 nitrogen and oxygen atoms in total. The number of carbonyl (C=O) groups is 1. The van der Waals surface area contributed by atoms with Crippen molar-refractivity contribution >= 4 is 17.9 Å². The van der Waals surface area contributed by atoms with E-state index in [-0.39, 0.29) is 5.92 Å². The largest absolute Gasteiger partial charge is 0.302 e. The standard InChI is InChI=1S/C10H11ClO/c1-8(10(11)7-12)9-5-3-2-4-6-9/h2-8,10H,1H3/t8-,10?/m0/s1. The monoisotopic (exact) mass is 182 g/mol. The Morgan fingerprint density at radius 1 is 1.33 bits per heavy atom. The van der Waals surface area contributed by atoms with Crippen LogP contribution >= 0.6 is 11.6 Å². The maximum Gasteiger partial charge on any atom is 0.138 e. The van der Waals surface area contributed by atoms with E-state index in [4.69, 9.17) is 11.6 Å². The predicted molar refractivity (Wildman–Crippen MR) is 50.6 cm³/mol. The van der Waals surface area contributed by atoms with E-state index in [9.17, 15) is 4.79 Å². The first-order valence-electron chi connectivity index (χ1n) is 3.90. The molecule has 0 heterocycles. The third-order valence-corrected chi connectivity index (χ3v) is 2.41. The molecule has 0 N–H and O–H groups in total. The molecule has 0 saturated heterocycles. The number of halogens is 1. The van der Waals surface area contributed by atoms with Gasteiger partial charge in [0.15, 0.2) is 0 Å². The number of rotatable bonds is 3. The van der Waals surface area contributed by atoms with Gasteiger partial charge in [-0.15, -0.1) is 11.6 Å². The molecule has 0 saturated carbocycles. The molecule has 0 aliphatic rings. The van der Waals surface area contributed by atoms with Crippen LogP contribution in [0.1, 0.15) is 18.4 Å². The summed E-state index contributed by atoms with van der Waals surface area (Å²) in [5.41, 5.74) is 1.10. The average Bonchev–Trinajstić information content (AvgIpc) is 2.17. The van der Waals surface area contributed by atoms with E-state index >= 15 is 0 Å². The fraction of sp³-hybridized carbons (Fsp3) is 0.300. The summed E-state index contributed by atoms with van der Waals surface area (Å²) in [5.74, 6) is 0.0883. The van der Waals surface area contributed by atoms with E-state index in [0.717, 1.165) is 11.8 Å². The van der Waals surface area contributed by atoms with Gasteiger partial charge in [0.2, 0.25) is 0 Å². The molecule has 2 atom stereocenters. The molecule has 0 aromatic heterocycles. The zero-order chi connectivity index (χ0) is 8.97. The van der Waals surface area contributed by atoms with Crippen LogP contribution in [0.5, 0.6) is 0 Å². The van der Waals surface area contributed by atoms with Crippen molar-refractivity contribution in [2.24, 2.45) is 0 Å². The fourth-order valence-electron chi connectivity index (χ4n) is 1.06. The number of benzene rings is 1. The van der Waals surface area contributed by atoms with Crippen LogP contribution in [-0.2, 0) is 4.79 Å². The van der Waals surface area contributed by atoms with Gasteiger partial charge in [0, 0.05) is 5.92 Å². The highest BCUT2D eigenvalue weighted by Crippen LogP contribution is 2.21. The average molecular weight is 183 g/mol. The Labute approximate surface area is 77.4 Å². The third-order valence-electron chi connectivity index (χ3n) is 1.93. The second-order valence-electron chi connectivity index (χ2n) is 2.78. The minimum Gasteiger partial charge on any atom is -0.302 e. The number of carbonyl (C=O) groups excluding carboxylic acids is 1. The van der Waals surface area contributed by atoms with Gasteiger partial charge >= 0.3 is 0 Å². The van der Waals surface area contributed by atoms with Crippen LogP contribution in [0.15, 0.2) is 30.3 Å². The van der Waals surface area contributed by atoms with E-state index in [1.165, 1.54) is 0 Å². The van der Waals surface area contributed by atoms with Crippen LogP contribution in [-0.4, -0.2) is 11.7 Å². The summed E-state index contributed by atoms with van der Waals surface area (Å²) in [6.07, 6.45) is 0.777. The lowest BCUT2D eigenvalue weighted by Crippen LogP contribution is -2.10. The molecule has 1 unspecified atom stereocenters. The zero-order valence-electron chi connectivity index (χ0n) is 6.91. The normalized spacial score (nSPS) is 15.2. The highest BCUT2D eigenvalue weighted by molar-refractivity contribution is 6.28. The van der Waals surface area contributed by atoms with Gasteiger partial charge in [-0.25, -0.2) is 0 Å². The molecular weight excluding hydrogens is 172 g/mol. The summed E-state index contributed by atoms with van der Waals surface area (Å²) < 4.78 is 0. The van der Waals surface area contributed by atoms with Crippen LogP contribution < -0.4 is 0 Å². The molecule has 1 aromatic carbocycles. The van der Waals surface area contributed by atoms with E-state index < -0.39 is 5.38 Å². The van der Waals surface area contributed by atoms with E-state index in [2.05, 4.69) is 0 Å². The Morgan fingerprint density at radius 3 is 2.42 bits per heavy atom. The quantitative estimate of drug-likeness (QED) is 0.519. The molecular formula is C10H11ClO. The van der Waals surface area contributed by atoms with Crippen molar-refractivity contribution in [3.63, 3.8) is 0 Å². The first-order chi connectivity index (χ1) is 5.75. The van der Waals surface area contributed by atoms with Gasteiger partial charge in [0.1, 0.15) is 6.29 Å². The number of hydrogen-bond donors (Lipinski definition) is 0. The second kappa shape index (κ2) is 4.27. The summed E-state index contributed by atoms with van der Waals surface area (Å²) in [6.45, 7) is 1.95. The predicted octanol–water partition coefficient (Wildman–Crippen LogP) is 2.60. The van der Waals surface area contributed by atoms with Crippen molar-refractivity contribution < 1.29 is 4.79 Å². The lowest BCUT2D eigenvalue weighted by molar-refractivity contribution is -0.107. The van der Waals surface area contributed by atoms with Crippen LogP contribution in [0.2, 0.25) is 0 Å². The van der Waals surface area contributed by atoms with Gasteiger partial charge in [-0.05, 0) is 5.56 Å². The topological polar surface area (TPSA) is 17.1 Å². The molecule has 0 fully saturated rings. The molecule has 12 heavy (non-hydrogen) atoms. The van der Waals surface area contributed by atoms with Gasteiger partial charge in [-0.2, -0.15) is 0 Å². The summed E-state index contributed by atoms with van der Waals surface area (Å²) in [7, 11) is 0. The van der Waals surface area contributed by atoms with Gasteiger partial charge in [0.05, 0.1) is 5.38 Å². The second-order valence-corrected chi connectivity index (χ2v) is 3.28. The van der Waals surface area contributed by atoms with Gasteiger partial charge in [-0.1, -0.05) is 37.3 Å². The lowest BCUT2D eigenvalue weighted by atomic mass is 9.98. The molecule has 0 aliphatic heterocycles. The summed E-state index contributed by atoms with van der Waals surface area (Å²) in [6, 6.07) is 9.79. The Morgan fingerprint density at radius 2 is 1.92 bits per heavy atom. The molecule has 0 amide bonds. The number of alkyl halides is 1. The fourth-order valence-corrected chi connectivity index (χ4v) is 1.20. The summed E-state index contributed by atoms with van der Waals surface area (Å²) in [5, 5.41) is -0.424. The van der Waals surface area contributed by atoms with Crippen LogP contribution in [0.3, 0.4) is 0 Å². The Hall–Kier alpha value is -0.820. The Kier molecular flexibility index (Phi) is 3.30. The molecule has 2 heteroatoms. The molecule has 0 aliphatic carbocycles. The number of hydrogen-bond acceptors (Lipinski definition) is 1. The smallest absolute Gasteiger partial charge is 0.138 e. The molecule has 0 spiro atoms. The molecule has 1 aromatic rings. The van der Waals surface area contributed by atoms with Crippen molar-refractivity contribution in [2.45, 2.75) is 18.2 Å². The van der Waals surface area contributed by atoms with Crippen LogP contribution in [0, 0.1) is 0 Å². The first kappa shape index (κ1) is 9.27. The minimum absolute atomic E-state index is 0.0883. The van der Waals surface area contributed by atoms with Crippen molar-refractivity contribution in [3.8, 4) is 0 Å². The third kappa shape index (κ3) is 2.08. The maximum absolute atomic E-state index is 10.4. The van der Waals surface area contributed by atoms with Crippen molar-refractivity contribution in [3.05, 3.63) is 35.9 Å². The zero-order valence-corrected chi connectivity index (χ0v) is 7.66. The van der Waals surface area contributed by atoms with E-state index in [1.54, 1.807) is 0 Å². The van der Waals surface area contributed by atoms with Gasteiger partial charge < -0.3 is 4.79 Å². The van der Waals surface area contributed by atoms with Gasteiger partial charge in [-0.3, -0.25) is 0 Å². The minimum atomic E-state index is -0.424. The summed E-state index contributed by atoms with van der Waals surface area (Å²) >= 11 is 5.78. The Bertz CT molecular complexity index is 245. The highest BCUT2D eigenvalue weighted by Gasteiger charge is 2.14. The van der Waals surface area contributed by atoms with Gasteiger partial charge in [0.25, 0.3) is 0 Å². The number of aldehydes is 1. The maximum atomic E-state index is 10.4. The molecule has 0 bridgehead atoms. The van der Waals surface area contributed by atoms with Crippen molar-refractivity contribution in [2.75, 3.05) is 0 Å². The van der Waals surface area contributed by atoms with E-state index in [0.29, 0.717) is 0 Å². The van der Waals surface area contributed by atoms with Crippen LogP contribution in [0.4, 0.5) is 0 Å². The lowest BCUT2D eigenvalue weighted by Gasteiger charge is -2.12. The van der Waals surface area contributed by atoms with Crippen molar-refractivity contribution in [1.29, 1.82) is 0 Å². The molecule has 64 valence electrons. The molecule has 0 radical (unpaired) electrons. The highest BCUT2D eigenvalue weighted by atomic mass is 35.5. The summed E-state index contributed by atoms with van der Waals surface area (Å²) in [4.78, 5) is 10.4. The van der Waals surface area contributed by atoms with Crippen LogP contribution in [0.25, 0.3) is 0 Å².